The van der Waals surface area contributed by atoms with Crippen molar-refractivity contribution < 1.29 is 4.92 Å². The Balaban J connectivity index is 2.01. The maximum Gasteiger partial charge on any atom is 0.269 e. The molecule has 2 rings (SSSR count). The average molecular weight is 253 g/mol. The van der Waals surface area contributed by atoms with E-state index in [9.17, 15) is 10.1 Å². The van der Waals surface area contributed by atoms with Gasteiger partial charge >= 0.3 is 0 Å². The van der Waals surface area contributed by atoms with Crippen LogP contribution in [0.5, 0.6) is 0 Å². The van der Waals surface area contributed by atoms with Crippen LogP contribution in [0.25, 0.3) is 6.08 Å². The minimum absolute atomic E-state index is 0.141. The van der Waals surface area contributed by atoms with E-state index in [1.54, 1.807) is 12.1 Å². The first kappa shape index (κ1) is 11.5. The Hall–Kier alpha value is -0.940. The van der Waals surface area contributed by atoms with Crippen molar-refractivity contribution in [1.82, 2.24) is 0 Å². The van der Waals surface area contributed by atoms with Crippen molar-refractivity contribution in [2.75, 3.05) is 11.5 Å². The Kier molecular flexibility index (Phi) is 3.90. The van der Waals surface area contributed by atoms with Crippen LogP contribution in [0.15, 0.2) is 30.3 Å². The first-order valence-corrected chi connectivity index (χ1v) is 7.01. The van der Waals surface area contributed by atoms with Gasteiger partial charge in [-0.25, -0.2) is 0 Å². The van der Waals surface area contributed by atoms with Crippen LogP contribution in [0.2, 0.25) is 0 Å². The second kappa shape index (κ2) is 5.41. The highest BCUT2D eigenvalue weighted by molar-refractivity contribution is 8.20. The van der Waals surface area contributed by atoms with Crippen LogP contribution in [0.4, 0.5) is 5.69 Å². The number of hydrogen-bond donors (Lipinski definition) is 0. The van der Waals surface area contributed by atoms with Crippen LogP contribution >= 0.6 is 23.5 Å². The lowest BCUT2D eigenvalue weighted by molar-refractivity contribution is -0.384. The molecule has 0 aromatic heterocycles. The molecule has 0 saturated carbocycles. The van der Waals surface area contributed by atoms with Gasteiger partial charge in [0.15, 0.2) is 0 Å². The molecule has 5 heteroatoms. The number of benzene rings is 1. The summed E-state index contributed by atoms with van der Waals surface area (Å²) < 4.78 is 0.537. The number of rotatable bonds is 3. The zero-order chi connectivity index (χ0) is 11.4. The number of thioether (sulfide) groups is 2. The average Bonchev–Trinajstić information content (AvgIpc) is 2.80. The predicted octanol–water partition coefficient (Wildman–Crippen LogP) is 3.41. The van der Waals surface area contributed by atoms with Crippen LogP contribution in [-0.4, -0.2) is 21.0 Å². The molecule has 84 valence electrons. The van der Waals surface area contributed by atoms with Gasteiger partial charge in [-0.05, 0) is 17.7 Å². The van der Waals surface area contributed by atoms with Crippen LogP contribution in [0.3, 0.4) is 0 Å². The molecule has 0 bridgehead atoms. The molecule has 0 radical (unpaired) electrons. The number of non-ortho nitro benzene ring substituents is 1. The zero-order valence-corrected chi connectivity index (χ0v) is 10.2. The van der Waals surface area contributed by atoms with E-state index >= 15 is 0 Å². The summed E-state index contributed by atoms with van der Waals surface area (Å²) in [6.07, 6.45) is 4.18. The van der Waals surface area contributed by atoms with Crippen molar-refractivity contribution in [2.24, 2.45) is 0 Å². The SMILES string of the molecule is O=[N+]([O-])c1ccc(/C=C/C2SCCS2)cc1. The largest absolute Gasteiger partial charge is 0.269 e. The van der Waals surface area contributed by atoms with E-state index in [0.717, 1.165) is 5.56 Å². The molecule has 1 fully saturated rings. The summed E-state index contributed by atoms with van der Waals surface area (Å²) in [5.74, 6) is 2.42. The van der Waals surface area contributed by atoms with E-state index in [1.165, 1.54) is 23.6 Å². The summed E-state index contributed by atoms with van der Waals surface area (Å²) in [5, 5.41) is 10.5. The molecular weight excluding hydrogens is 242 g/mol. The highest BCUT2D eigenvalue weighted by Gasteiger charge is 2.12. The molecule has 3 nitrogen and oxygen atoms in total. The molecule has 1 aromatic rings. The lowest BCUT2D eigenvalue weighted by Crippen LogP contribution is -1.87. The Labute approximate surface area is 102 Å². The van der Waals surface area contributed by atoms with Gasteiger partial charge in [0.1, 0.15) is 0 Å². The number of nitro groups is 1. The fourth-order valence-electron chi connectivity index (χ4n) is 1.38. The van der Waals surface area contributed by atoms with Crippen molar-refractivity contribution >= 4 is 35.3 Å². The standard InChI is InChI=1S/C11H11NO2S2/c13-12(14)10-4-1-9(2-5-10)3-6-11-15-7-8-16-11/h1-6,11H,7-8H2/b6-3+. The first-order chi connectivity index (χ1) is 7.75. The molecule has 0 unspecified atom stereocenters. The lowest BCUT2D eigenvalue weighted by atomic mass is 10.2. The molecular formula is C11H11NO2S2. The second-order valence-electron chi connectivity index (χ2n) is 3.32. The smallest absolute Gasteiger partial charge is 0.258 e. The molecule has 1 aliphatic rings. The van der Waals surface area contributed by atoms with Gasteiger partial charge in [-0.15, -0.1) is 23.5 Å². The molecule has 1 heterocycles. The third-order valence-electron chi connectivity index (χ3n) is 2.20. The molecule has 0 aliphatic carbocycles. The number of nitro benzene ring substituents is 1. The van der Waals surface area contributed by atoms with E-state index in [1.807, 2.05) is 29.6 Å². The Bertz CT molecular complexity index is 397. The molecule has 1 saturated heterocycles. The summed E-state index contributed by atoms with van der Waals surface area (Å²) in [6, 6.07) is 6.63. The molecule has 0 N–H and O–H groups in total. The van der Waals surface area contributed by atoms with E-state index in [0.29, 0.717) is 4.58 Å². The number of nitrogens with zero attached hydrogens (tertiary/aromatic N) is 1. The minimum Gasteiger partial charge on any atom is -0.258 e. The molecule has 0 atom stereocenters. The molecule has 0 spiro atoms. The minimum atomic E-state index is -0.379. The highest BCUT2D eigenvalue weighted by atomic mass is 32.2. The maximum absolute atomic E-state index is 10.5. The summed E-state index contributed by atoms with van der Waals surface area (Å²) in [7, 11) is 0. The van der Waals surface area contributed by atoms with Crippen molar-refractivity contribution in [3.05, 3.63) is 46.0 Å². The summed E-state index contributed by atoms with van der Waals surface area (Å²) in [6.45, 7) is 0. The van der Waals surface area contributed by atoms with E-state index in [4.69, 9.17) is 0 Å². The van der Waals surface area contributed by atoms with Gasteiger partial charge in [0.05, 0.1) is 9.51 Å². The van der Waals surface area contributed by atoms with Crippen molar-refractivity contribution in [1.29, 1.82) is 0 Å². The molecule has 16 heavy (non-hydrogen) atoms. The van der Waals surface area contributed by atoms with E-state index < -0.39 is 0 Å². The fourth-order valence-corrected chi connectivity index (χ4v) is 3.96. The number of hydrogen-bond acceptors (Lipinski definition) is 4. The fraction of sp³-hybridized carbons (Fsp3) is 0.273. The quantitative estimate of drug-likeness (QED) is 0.611. The van der Waals surface area contributed by atoms with Crippen molar-refractivity contribution in [3.8, 4) is 0 Å². The third-order valence-corrected chi connectivity index (χ3v) is 5.12. The Morgan fingerprint density at radius 2 is 1.88 bits per heavy atom. The van der Waals surface area contributed by atoms with Gasteiger partial charge in [-0.3, -0.25) is 10.1 Å². The Morgan fingerprint density at radius 1 is 1.25 bits per heavy atom. The molecule has 1 aromatic carbocycles. The summed E-state index contributed by atoms with van der Waals surface area (Å²) >= 11 is 3.88. The van der Waals surface area contributed by atoms with E-state index in [-0.39, 0.29) is 10.6 Å². The van der Waals surface area contributed by atoms with Gasteiger partial charge in [0.25, 0.3) is 5.69 Å². The van der Waals surface area contributed by atoms with Crippen LogP contribution < -0.4 is 0 Å². The zero-order valence-electron chi connectivity index (χ0n) is 8.54. The van der Waals surface area contributed by atoms with Gasteiger partial charge in [-0.2, -0.15) is 0 Å². The van der Waals surface area contributed by atoms with Gasteiger partial charge in [0.2, 0.25) is 0 Å². The Morgan fingerprint density at radius 3 is 2.44 bits per heavy atom. The van der Waals surface area contributed by atoms with E-state index in [2.05, 4.69) is 6.08 Å². The van der Waals surface area contributed by atoms with Crippen LogP contribution in [0, 0.1) is 10.1 Å². The summed E-state index contributed by atoms with van der Waals surface area (Å²) in [4.78, 5) is 10.1. The van der Waals surface area contributed by atoms with Crippen LogP contribution in [0.1, 0.15) is 5.56 Å². The van der Waals surface area contributed by atoms with Gasteiger partial charge in [0, 0.05) is 23.6 Å². The van der Waals surface area contributed by atoms with Gasteiger partial charge in [-0.1, -0.05) is 12.2 Å². The highest BCUT2D eigenvalue weighted by Crippen LogP contribution is 2.33. The third kappa shape index (κ3) is 3.02. The monoisotopic (exact) mass is 253 g/mol. The second-order valence-corrected chi connectivity index (χ2v) is 6.12. The maximum atomic E-state index is 10.5. The predicted molar refractivity (Wildman–Crippen MR) is 70.8 cm³/mol. The summed E-state index contributed by atoms with van der Waals surface area (Å²) in [5.41, 5.74) is 1.15. The topological polar surface area (TPSA) is 43.1 Å². The van der Waals surface area contributed by atoms with Gasteiger partial charge < -0.3 is 0 Å². The lowest BCUT2D eigenvalue weighted by Gasteiger charge is -1.99. The molecule has 0 amide bonds. The molecule has 1 aliphatic heterocycles. The van der Waals surface area contributed by atoms with Crippen LogP contribution in [-0.2, 0) is 0 Å². The van der Waals surface area contributed by atoms with Crippen molar-refractivity contribution in [2.45, 2.75) is 4.58 Å². The van der Waals surface area contributed by atoms with Crippen molar-refractivity contribution in [3.63, 3.8) is 0 Å². The normalized spacial score (nSPS) is 17.0. The first-order valence-electron chi connectivity index (χ1n) is 4.91.